The molecule has 1 fully saturated rings. The molecular formula is C12H18N4S. The zero-order valence-corrected chi connectivity index (χ0v) is 11.6. The summed E-state index contributed by atoms with van der Waals surface area (Å²) in [6.45, 7) is 8.34. The minimum Gasteiger partial charge on any atom is -0.354 e. The highest BCUT2D eigenvalue weighted by molar-refractivity contribution is 8.00. The molecule has 2 rings (SSSR count). The summed E-state index contributed by atoms with van der Waals surface area (Å²) in [6.07, 6.45) is 0. The van der Waals surface area contributed by atoms with Crippen molar-refractivity contribution in [2.75, 3.05) is 23.7 Å². The Morgan fingerprint density at radius 2 is 2.18 bits per heavy atom. The van der Waals surface area contributed by atoms with E-state index in [1.165, 1.54) is 0 Å². The Kier molecular flexibility index (Phi) is 3.09. The van der Waals surface area contributed by atoms with E-state index in [0.717, 1.165) is 35.9 Å². The lowest BCUT2D eigenvalue weighted by Gasteiger charge is -2.38. The largest absolute Gasteiger partial charge is 0.354 e. The lowest BCUT2D eigenvalue weighted by atomic mass is 10.1. The standard InChI is InChI=1S/C12H18N4S/c1-9-10(7-13)11(15(4)14-9)16-5-6-17-12(2,3)8-16/h5-6,8H2,1-4H3. The van der Waals surface area contributed by atoms with Gasteiger partial charge in [-0.1, -0.05) is 0 Å². The van der Waals surface area contributed by atoms with Crippen molar-refractivity contribution in [3.05, 3.63) is 11.3 Å². The minimum atomic E-state index is 0.239. The maximum atomic E-state index is 9.24. The highest BCUT2D eigenvalue weighted by atomic mass is 32.2. The summed E-state index contributed by atoms with van der Waals surface area (Å²) in [4.78, 5) is 2.29. The lowest BCUT2D eigenvalue weighted by molar-refractivity contribution is 0.621. The van der Waals surface area contributed by atoms with Gasteiger partial charge in [0.05, 0.1) is 5.69 Å². The molecule has 1 aliphatic rings. The monoisotopic (exact) mass is 250 g/mol. The van der Waals surface area contributed by atoms with Gasteiger partial charge in [-0.2, -0.15) is 22.1 Å². The third-order valence-electron chi connectivity index (χ3n) is 3.03. The highest BCUT2D eigenvalue weighted by Gasteiger charge is 2.30. The fourth-order valence-corrected chi connectivity index (χ4v) is 3.45. The van der Waals surface area contributed by atoms with Gasteiger partial charge >= 0.3 is 0 Å². The van der Waals surface area contributed by atoms with Crippen LogP contribution in [0.25, 0.3) is 0 Å². The van der Waals surface area contributed by atoms with E-state index >= 15 is 0 Å². The first kappa shape index (κ1) is 12.3. The van der Waals surface area contributed by atoms with Crippen molar-refractivity contribution in [2.45, 2.75) is 25.5 Å². The van der Waals surface area contributed by atoms with Crippen LogP contribution < -0.4 is 4.90 Å². The molecule has 0 aromatic carbocycles. The number of rotatable bonds is 1. The molecule has 5 heteroatoms. The fourth-order valence-electron chi connectivity index (χ4n) is 2.34. The SMILES string of the molecule is Cc1nn(C)c(N2CCSC(C)(C)C2)c1C#N. The molecule has 2 heterocycles. The molecule has 0 spiro atoms. The molecule has 0 N–H and O–H groups in total. The van der Waals surface area contributed by atoms with Crippen molar-refractivity contribution < 1.29 is 0 Å². The topological polar surface area (TPSA) is 44.9 Å². The van der Waals surface area contributed by atoms with Crippen LogP contribution in [0.15, 0.2) is 0 Å². The first-order valence-electron chi connectivity index (χ1n) is 5.77. The fraction of sp³-hybridized carbons (Fsp3) is 0.667. The first-order valence-corrected chi connectivity index (χ1v) is 6.76. The predicted molar refractivity (Wildman–Crippen MR) is 71.4 cm³/mol. The molecule has 4 nitrogen and oxygen atoms in total. The van der Waals surface area contributed by atoms with E-state index in [-0.39, 0.29) is 4.75 Å². The second kappa shape index (κ2) is 4.26. The van der Waals surface area contributed by atoms with Gasteiger partial charge in [0.15, 0.2) is 0 Å². The number of hydrogen-bond donors (Lipinski definition) is 0. The Morgan fingerprint density at radius 1 is 1.47 bits per heavy atom. The van der Waals surface area contributed by atoms with Gasteiger partial charge in [-0.3, -0.25) is 4.68 Å². The summed E-state index contributed by atoms with van der Waals surface area (Å²) in [6, 6.07) is 2.28. The number of aryl methyl sites for hydroxylation is 2. The van der Waals surface area contributed by atoms with Crippen molar-refractivity contribution in [3.63, 3.8) is 0 Å². The van der Waals surface area contributed by atoms with Crippen LogP contribution in [-0.2, 0) is 7.05 Å². The third-order valence-corrected chi connectivity index (χ3v) is 4.33. The van der Waals surface area contributed by atoms with Crippen LogP contribution >= 0.6 is 11.8 Å². The molecule has 0 radical (unpaired) electrons. The van der Waals surface area contributed by atoms with Gasteiger partial charge in [0.2, 0.25) is 0 Å². The lowest BCUT2D eigenvalue weighted by Crippen LogP contribution is -2.44. The Morgan fingerprint density at radius 3 is 2.76 bits per heavy atom. The van der Waals surface area contributed by atoms with Crippen molar-refractivity contribution >= 4 is 17.6 Å². The number of aromatic nitrogens is 2. The molecule has 1 aliphatic heterocycles. The van der Waals surface area contributed by atoms with Gasteiger partial charge in [0, 0.05) is 30.6 Å². The number of thioether (sulfide) groups is 1. The van der Waals surface area contributed by atoms with Crippen LogP contribution in [0.4, 0.5) is 5.82 Å². The van der Waals surface area contributed by atoms with Crippen LogP contribution in [0.3, 0.4) is 0 Å². The Hall–Kier alpha value is -1.15. The third kappa shape index (κ3) is 2.27. The molecule has 0 aliphatic carbocycles. The van der Waals surface area contributed by atoms with Crippen molar-refractivity contribution in [1.29, 1.82) is 5.26 Å². The molecule has 0 bridgehead atoms. The number of hydrogen-bond acceptors (Lipinski definition) is 4. The van der Waals surface area contributed by atoms with E-state index in [0.29, 0.717) is 0 Å². The molecule has 1 aromatic rings. The molecular weight excluding hydrogens is 232 g/mol. The number of nitrogens with zero attached hydrogens (tertiary/aromatic N) is 4. The van der Waals surface area contributed by atoms with Crippen LogP contribution in [-0.4, -0.2) is 33.4 Å². The van der Waals surface area contributed by atoms with E-state index < -0.39 is 0 Å². The summed E-state index contributed by atoms with van der Waals surface area (Å²) in [5.41, 5.74) is 1.54. The van der Waals surface area contributed by atoms with Crippen LogP contribution in [0.2, 0.25) is 0 Å². The van der Waals surface area contributed by atoms with Crippen molar-refractivity contribution in [1.82, 2.24) is 9.78 Å². The van der Waals surface area contributed by atoms with E-state index in [9.17, 15) is 5.26 Å². The number of anilines is 1. The summed E-state index contributed by atoms with van der Waals surface area (Å²) < 4.78 is 2.07. The van der Waals surface area contributed by atoms with Gasteiger partial charge in [-0.25, -0.2) is 0 Å². The molecule has 0 amide bonds. The maximum absolute atomic E-state index is 9.24. The summed E-state index contributed by atoms with van der Waals surface area (Å²) in [5, 5.41) is 13.6. The normalized spacial score (nSPS) is 19.1. The zero-order valence-electron chi connectivity index (χ0n) is 10.8. The summed E-state index contributed by atoms with van der Waals surface area (Å²) in [5.74, 6) is 2.07. The molecule has 0 saturated carbocycles. The highest BCUT2D eigenvalue weighted by Crippen LogP contribution is 2.33. The van der Waals surface area contributed by atoms with Gasteiger partial charge in [-0.05, 0) is 20.8 Å². The molecule has 1 aromatic heterocycles. The van der Waals surface area contributed by atoms with Crippen molar-refractivity contribution in [3.8, 4) is 6.07 Å². The quantitative estimate of drug-likeness (QED) is 0.764. The van der Waals surface area contributed by atoms with E-state index in [1.807, 2.05) is 30.4 Å². The van der Waals surface area contributed by atoms with Crippen LogP contribution in [0, 0.1) is 18.3 Å². The Bertz CT molecular complexity index is 470. The van der Waals surface area contributed by atoms with E-state index in [2.05, 4.69) is 29.9 Å². The van der Waals surface area contributed by atoms with Gasteiger partial charge in [-0.15, -0.1) is 0 Å². The average molecular weight is 250 g/mol. The molecule has 92 valence electrons. The van der Waals surface area contributed by atoms with Crippen LogP contribution in [0.5, 0.6) is 0 Å². The second-order valence-electron chi connectivity index (χ2n) is 5.05. The molecule has 1 saturated heterocycles. The first-order chi connectivity index (χ1) is 7.94. The smallest absolute Gasteiger partial charge is 0.145 e. The maximum Gasteiger partial charge on any atom is 0.145 e. The molecule has 17 heavy (non-hydrogen) atoms. The van der Waals surface area contributed by atoms with Gasteiger partial charge in [0.1, 0.15) is 17.5 Å². The van der Waals surface area contributed by atoms with Gasteiger partial charge < -0.3 is 4.90 Å². The Labute approximate surface area is 107 Å². The van der Waals surface area contributed by atoms with Gasteiger partial charge in [0.25, 0.3) is 0 Å². The average Bonchev–Trinajstić information content (AvgIpc) is 2.51. The van der Waals surface area contributed by atoms with Crippen LogP contribution in [0.1, 0.15) is 25.1 Å². The number of nitriles is 1. The minimum absolute atomic E-state index is 0.239. The summed E-state index contributed by atoms with van der Waals surface area (Å²) >= 11 is 1.99. The summed E-state index contributed by atoms with van der Waals surface area (Å²) in [7, 11) is 1.91. The second-order valence-corrected chi connectivity index (χ2v) is 6.85. The van der Waals surface area contributed by atoms with E-state index in [1.54, 1.807) is 0 Å². The zero-order chi connectivity index (χ0) is 12.6. The predicted octanol–water partition coefficient (Wildman–Crippen LogP) is 1.93. The molecule has 0 unspecified atom stereocenters. The molecule has 0 atom stereocenters. The Balaban J connectivity index is 2.37. The van der Waals surface area contributed by atoms with E-state index in [4.69, 9.17) is 0 Å². The van der Waals surface area contributed by atoms with Crippen molar-refractivity contribution in [2.24, 2.45) is 7.05 Å².